The first-order valence-electron chi connectivity index (χ1n) is 11.1. The Bertz CT molecular complexity index is 1460. The number of carbonyl (C=O) groups excluding carboxylic acids is 1. The number of hydrogen-bond acceptors (Lipinski definition) is 6. The first-order chi connectivity index (χ1) is 16.4. The van der Waals surface area contributed by atoms with Crippen LogP contribution in [0, 0.1) is 17.8 Å². The van der Waals surface area contributed by atoms with E-state index < -0.39 is 0 Å². The molecule has 3 aliphatic rings. The number of fused-ring (bicyclic) bond motifs is 5. The van der Waals surface area contributed by atoms with Crippen LogP contribution in [0.1, 0.15) is 25.5 Å². The second kappa shape index (κ2) is 6.89. The summed E-state index contributed by atoms with van der Waals surface area (Å²) in [5.74, 6) is 1.97. The van der Waals surface area contributed by atoms with Crippen molar-refractivity contribution >= 4 is 46.3 Å². The van der Waals surface area contributed by atoms with Crippen molar-refractivity contribution in [1.29, 1.82) is 0 Å². The second-order valence-corrected chi connectivity index (χ2v) is 10.2. The van der Waals surface area contributed by atoms with Gasteiger partial charge in [0.25, 0.3) is 0 Å². The number of carbonyl (C=O) groups is 1. The van der Waals surface area contributed by atoms with Gasteiger partial charge in [-0.1, -0.05) is 30.1 Å². The minimum Gasteiger partial charge on any atom is -0.306 e. The number of halogens is 2. The molecule has 2 amide bonds. The minimum absolute atomic E-state index is 0.0485. The Labute approximate surface area is 203 Å². The van der Waals surface area contributed by atoms with Crippen molar-refractivity contribution in [2.75, 3.05) is 16.8 Å². The largest absolute Gasteiger partial charge is 0.326 e. The molecule has 1 unspecified atom stereocenters. The third-order valence-electron chi connectivity index (χ3n) is 7.46. The van der Waals surface area contributed by atoms with Crippen LogP contribution in [-0.4, -0.2) is 47.2 Å². The highest BCUT2D eigenvalue weighted by molar-refractivity contribution is 6.32. The van der Waals surface area contributed by atoms with Crippen LogP contribution < -0.4 is 10.2 Å². The number of pyridine rings is 1. The van der Waals surface area contributed by atoms with Gasteiger partial charge in [0.1, 0.15) is 0 Å². The smallest absolute Gasteiger partial charge is 0.306 e. The predicted octanol–water partition coefficient (Wildman–Crippen LogP) is 3.98. The normalized spacial score (nSPS) is 25.2. The Kier molecular flexibility index (Phi) is 4.09. The van der Waals surface area contributed by atoms with Crippen molar-refractivity contribution in [3.63, 3.8) is 0 Å². The summed E-state index contributed by atoms with van der Waals surface area (Å²) in [5, 5.41) is 16.3. The Hall–Kier alpha value is -3.24. The number of hydrogen-bond donors (Lipinski definition) is 1. The lowest BCUT2D eigenvalue weighted by Crippen LogP contribution is -2.42. The fourth-order valence-electron chi connectivity index (χ4n) is 5.80. The standard InChI is InChI=1S/C22H19Cl2N9O/c1-22-13(18(22)11-2-3-11)10-31(15-9-25-17-7-16(24)30-32(17)19(15)22)21(34)29-12-6-14(23)20(26-8-12)33-27-4-5-28-33/h4-9,11,13,18H,2-3,10H2,1H3,(H,29,34)/t13?,18-,22+/m1/s1. The van der Waals surface area contributed by atoms with Gasteiger partial charge in [-0.15, -0.1) is 4.80 Å². The van der Waals surface area contributed by atoms with Crippen LogP contribution in [0.2, 0.25) is 10.2 Å². The van der Waals surface area contributed by atoms with E-state index in [9.17, 15) is 4.79 Å². The van der Waals surface area contributed by atoms with Crippen molar-refractivity contribution < 1.29 is 4.79 Å². The van der Waals surface area contributed by atoms with Crippen molar-refractivity contribution in [2.24, 2.45) is 17.8 Å². The number of aromatic nitrogens is 7. The number of nitrogens with one attached hydrogen (secondary N) is 1. The van der Waals surface area contributed by atoms with Crippen molar-refractivity contribution in [3.8, 4) is 5.82 Å². The first kappa shape index (κ1) is 20.2. The number of nitrogens with zero attached hydrogens (tertiary/aromatic N) is 8. The summed E-state index contributed by atoms with van der Waals surface area (Å²) in [5.41, 5.74) is 2.87. The average molecular weight is 496 g/mol. The third-order valence-corrected chi connectivity index (χ3v) is 7.92. The molecule has 7 rings (SSSR count). The molecule has 2 saturated carbocycles. The molecule has 2 fully saturated rings. The molecule has 1 aliphatic heterocycles. The van der Waals surface area contributed by atoms with Gasteiger partial charge in [-0.3, -0.25) is 4.90 Å². The van der Waals surface area contributed by atoms with E-state index in [0.29, 0.717) is 51.6 Å². The van der Waals surface area contributed by atoms with Crippen molar-refractivity contribution in [3.05, 3.63) is 52.8 Å². The quantitative estimate of drug-likeness (QED) is 0.460. The van der Waals surface area contributed by atoms with E-state index in [1.54, 1.807) is 35.6 Å². The molecule has 3 atom stereocenters. The molecule has 0 radical (unpaired) electrons. The highest BCUT2D eigenvalue weighted by Gasteiger charge is 2.70. The highest BCUT2D eigenvalue weighted by atomic mass is 35.5. The Morgan fingerprint density at radius 3 is 2.68 bits per heavy atom. The molecule has 4 aromatic heterocycles. The molecule has 0 saturated heterocycles. The molecule has 2 aliphatic carbocycles. The molecule has 0 bridgehead atoms. The summed E-state index contributed by atoms with van der Waals surface area (Å²) in [6, 6.07) is 3.11. The summed E-state index contributed by atoms with van der Waals surface area (Å²) in [6.45, 7) is 2.91. The highest BCUT2D eigenvalue weighted by Crippen LogP contribution is 2.70. The van der Waals surface area contributed by atoms with Gasteiger partial charge in [0, 0.05) is 18.0 Å². The monoisotopic (exact) mass is 495 g/mol. The average Bonchev–Trinajstić information content (AvgIpc) is 3.59. The third kappa shape index (κ3) is 2.81. The van der Waals surface area contributed by atoms with Crippen molar-refractivity contribution in [1.82, 2.24) is 34.6 Å². The molecule has 5 heterocycles. The molecular weight excluding hydrogens is 477 g/mol. The lowest BCUT2D eigenvalue weighted by Gasteiger charge is -2.32. The number of rotatable bonds is 3. The minimum atomic E-state index is -0.271. The molecule has 0 aromatic carbocycles. The van der Waals surface area contributed by atoms with E-state index in [0.717, 1.165) is 11.4 Å². The van der Waals surface area contributed by atoms with Gasteiger partial charge in [-0.05, 0) is 36.7 Å². The zero-order valence-electron chi connectivity index (χ0n) is 18.1. The van der Waals surface area contributed by atoms with Gasteiger partial charge in [0.2, 0.25) is 0 Å². The Morgan fingerprint density at radius 2 is 1.94 bits per heavy atom. The van der Waals surface area contributed by atoms with Gasteiger partial charge in [-0.25, -0.2) is 19.3 Å². The van der Waals surface area contributed by atoms with Gasteiger partial charge >= 0.3 is 6.03 Å². The fraction of sp³-hybridized carbons (Fsp3) is 0.364. The molecule has 172 valence electrons. The van der Waals surface area contributed by atoms with Crippen molar-refractivity contribution in [2.45, 2.75) is 25.2 Å². The lowest BCUT2D eigenvalue weighted by atomic mass is 9.94. The van der Waals surface area contributed by atoms with Gasteiger partial charge < -0.3 is 5.32 Å². The van der Waals surface area contributed by atoms with E-state index in [2.05, 4.69) is 37.5 Å². The Morgan fingerprint density at radius 1 is 1.15 bits per heavy atom. The maximum absolute atomic E-state index is 13.5. The summed E-state index contributed by atoms with van der Waals surface area (Å²) in [4.78, 5) is 25.4. The molecule has 10 nitrogen and oxygen atoms in total. The molecule has 4 aromatic rings. The summed E-state index contributed by atoms with van der Waals surface area (Å²) >= 11 is 12.6. The maximum atomic E-state index is 13.5. The number of urea groups is 1. The molecule has 0 spiro atoms. The lowest BCUT2D eigenvalue weighted by molar-refractivity contribution is 0.256. The number of anilines is 2. The van der Waals surface area contributed by atoms with E-state index in [4.69, 9.17) is 23.2 Å². The fourth-order valence-corrected chi connectivity index (χ4v) is 6.21. The van der Waals surface area contributed by atoms with Crippen LogP contribution >= 0.6 is 23.2 Å². The van der Waals surface area contributed by atoms with E-state index in [-0.39, 0.29) is 11.4 Å². The predicted molar refractivity (Wildman–Crippen MR) is 126 cm³/mol. The second-order valence-electron chi connectivity index (χ2n) is 9.37. The van der Waals surface area contributed by atoms with Gasteiger partial charge in [0.15, 0.2) is 16.6 Å². The molecule has 1 N–H and O–H groups in total. The molecular formula is C22H19Cl2N9O. The topological polar surface area (TPSA) is 106 Å². The zero-order valence-corrected chi connectivity index (χ0v) is 19.6. The zero-order chi connectivity index (χ0) is 23.2. The van der Waals surface area contributed by atoms with Gasteiger partial charge in [-0.2, -0.15) is 15.3 Å². The summed E-state index contributed by atoms with van der Waals surface area (Å²) < 4.78 is 1.82. The van der Waals surface area contributed by atoms with E-state index in [1.807, 2.05) is 4.52 Å². The maximum Gasteiger partial charge on any atom is 0.326 e. The summed E-state index contributed by atoms with van der Waals surface area (Å²) in [6.07, 6.45) is 8.86. The van der Waals surface area contributed by atoms with Crippen LogP contribution in [0.4, 0.5) is 16.2 Å². The summed E-state index contributed by atoms with van der Waals surface area (Å²) in [7, 11) is 0. The molecule has 34 heavy (non-hydrogen) atoms. The van der Waals surface area contributed by atoms with E-state index in [1.165, 1.54) is 23.8 Å². The molecule has 12 heteroatoms. The number of amides is 2. The van der Waals surface area contributed by atoms with Gasteiger partial charge in [0.05, 0.1) is 46.9 Å². The van der Waals surface area contributed by atoms with Crippen LogP contribution in [0.25, 0.3) is 11.5 Å². The SMILES string of the molecule is C[C@]12c3c(cnc4cc(Cl)nn34)N(C(=O)Nc3cnc(-n4nccn4)c(Cl)c3)CC1[C@H]2C1CC1. The van der Waals surface area contributed by atoms with Crippen LogP contribution in [0.5, 0.6) is 0 Å². The Balaban J connectivity index is 1.25. The van der Waals surface area contributed by atoms with Crippen LogP contribution in [0.3, 0.4) is 0 Å². The van der Waals surface area contributed by atoms with Crippen LogP contribution in [0.15, 0.2) is 36.9 Å². The first-order valence-corrected chi connectivity index (χ1v) is 11.9. The van der Waals surface area contributed by atoms with E-state index >= 15 is 0 Å². The van der Waals surface area contributed by atoms with Crippen LogP contribution in [-0.2, 0) is 5.41 Å².